The number of carbonyl (C=O) groups is 3. The van der Waals surface area contributed by atoms with E-state index < -0.39 is 45.9 Å². The molecule has 0 spiro atoms. The van der Waals surface area contributed by atoms with Crippen LogP contribution in [-0.4, -0.2) is 66.1 Å². The zero-order valence-corrected chi connectivity index (χ0v) is 20.1. The van der Waals surface area contributed by atoms with Gasteiger partial charge >= 0.3 is 5.97 Å². The van der Waals surface area contributed by atoms with E-state index in [9.17, 15) is 33.0 Å². The predicted molar refractivity (Wildman–Crippen MR) is 127 cm³/mol. The van der Waals surface area contributed by atoms with Crippen LogP contribution in [0.1, 0.15) is 29.8 Å². The van der Waals surface area contributed by atoms with Crippen LogP contribution < -0.4 is 4.31 Å². The molecule has 0 saturated carbocycles. The number of ketones is 1. The Hall–Kier alpha value is -3.50. The van der Waals surface area contributed by atoms with Crippen LogP contribution in [0.25, 0.3) is 11.1 Å². The molecule has 35 heavy (non-hydrogen) atoms. The topological polar surface area (TPSA) is 132 Å². The summed E-state index contributed by atoms with van der Waals surface area (Å²) < 4.78 is 27.2. The third-order valence-electron chi connectivity index (χ3n) is 7.23. The average Bonchev–Trinajstić information content (AvgIpc) is 3.21. The SMILES string of the molecule is C[C@@H](O)[C@H]1C(=O)N2C(C(=O)O)=C(CN(c3cccc4c3-c3ccccc3C4=O)S(C)(=O)=O)[C@H](C)[C@H]12. The summed E-state index contributed by atoms with van der Waals surface area (Å²) in [6.07, 6.45) is 0.0560. The van der Waals surface area contributed by atoms with E-state index in [4.69, 9.17) is 0 Å². The molecule has 4 atom stereocenters. The molecule has 1 fully saturated rings. The van der Waals surface area contributed by atoms with Gasteiger partial charge < -0.3 is 15.1 Å². The molecule has 2 aromatic carbocycles. The molecular weight excluding hydrogens is 472 g/mol. The van der Waals surface area contributed by atoms with Crippen molar-refractivity contribution in [2.75, 3.05) is 17.1 Å². The minimum absolute atomic E-state index is 0.208. The van der Waals surface area contributed by atoms with E-state index in [0.717, 1.165) is 15.5 Å². The van der Waals surface area contributed by atoms with Gasteiger partial charge in [-0.05, 0) is 24.1 Å². The van der Waals surface area contributed by atoms with Crippen molar-refractivity contribution in [2.24, 2.45) is 11.8 Å². The fourth-order valence-electron chi connectivity index (χ4n) is 5.65. The minimum Gasteiger partial charge on any atom is -0.477 e. The number of amides is 1. The molecule has 182 valence electrons. The number of benzene rings is 2. The van der Waals surface area contributed by atoms with Gasteiger partial charge in [0.1, 0.15) is 5.70 Å². The van der Waals surface area contributed by atoms with Crippen molar-refractivity contribution in [3.05, 3.63) is 64.9 Å². The van der Waals surface area contributed by atoms with Gasteiger partial charge in [-0.2, -0.15) is 0 Å². The summed E-state index contributed by atoms with van der Waals surface area (Å²) in [5.74, 6) is -3.28. The van der Waals surface area contributed by atoms with E-state index in [1.165, 1.54) is 6.92 Å². The number of fused-ring (bicyclic) bond motifs is 4. The maximum atomic E-state index is 13.1. The molecule has 1 aliphatic carbocycles. The Kier molecular flexibility index (Phi) is 5.15. The van der Waals surface area contributed by atoms with Crippen LogP contribution in [-0.2, 0) is 19.6 Å². The van der Waals surface area contributed by atoms with E-state index in [0.29, 0.717) is 22.3 Å². The number of aliphatic carboxylic acids is 1. The third-order valence-corrected chi connectivity index (χ3v) is 8.36. The largest absolute Gasteiger partial charge is 0.477 e. The number of carbonyl (C=O) groups excluding carboxylic acids is 2. The highest BCUT2D eigenvalue weighted by molar-refractivity contribution is 7.92. The summed E-state index contributed by atoms with van der Waals surface area (Å²) in [6, 6.07) is 11.2. The van der Waals surface area contributed by atoms with Gasteiger partial charge in [-0.1, -0.05) is 43.3 Å². The second kappa shape index (κ2) is 7.76. The summed E-state index contributed by atoms with van der Waals surface area (Å²) in [6.45, 7) is 2.91. The fraction of sp³-hybridized carbons (Fsp3) is 0.320. The van der Waals surface area contributed by atoms with Crippen molar-refractivity contribution in [1.82, 2.24) is 4.90 Å². The van der Waals surface area contributed by atoms with Crippen LogP contribution in [0, 0.1) is 11.8 Å². The number of rotatable bonds is 6. The number of carboxylic acids is 1. The number of aliphatic hydroxyl groups excluding tert-OH is 1. The molecule has 2 N–H and O–H groups in total. The lowest BCUT2D eigenvalue weighted by Crippen LogP contribution is -2.63. The lowest BCUT2D eigenvalue weighted by atomic mass is 9.77. The molecule has 0 radical (unpaired) electrons. The molecule has 9 nitrogen and oxygen atoms in total. The Morgan fingerprint density at radius 1 is 1.09 bits per heavy atom. The second-order valence-corrected chi connectivity index (χ2v) is 11.2. The van der Waals surface area contributed by atoms with Gasteiger partial charge in [0, 0.05) is 22.6 Å². The first-order chi connectivity index (χ1) is 16.4. The summed E-state index contributed by atoms with van der Waals surface area (Å²) in [4.78, 5) is 39.0. The molecule has 5 rings (SSSR count). The number of hydrogen-bond donors (Lipinski definition) is 2. The fourth-order valence-corrected chi connectivity index (χ4v) is 6.54. The number of aliphatic hydroxyl groups is 1. The standard InChI is InChI=1S/C25H24N2O7S/c1-12-17(22(25(31)32)27-21(12)19(13(2)28)24(27)30)11-26(35(3,33)34)18-10-6-9-16-20(18)14-7-4-5-8-15(14)23(16)29/h4-10,12-13,19,21,28H,11H2,1-3H3,(H,31,32)/t12-,13+,19+,21+/m0/s1. The highest BCUT2D eigenvalue weighted by Crippen LogP contribution is 2.49. The Bertz CT molecular complexity index is 1440. The first-order valence-corrected chi connectivity index (χ1v) is 13.0. The number of anilines is 1. The lowest BCUT2D eigenvalue weighted by molar-refractivity contribution is -0.163. The van der Waals surface area contributed by atoms with Crippen LogP contribution in [0.3, 0.4) is 0 Å². The molecule has 1 amide bonds. The van der Waals surface area contributed by atoms with Gasteiger partial charge in [-0.25, -0.2) is 13.2 Å². The maximum absolute atomic E-state index is 13.1. The Labute approximate surface area is 202 Å². The third kappa shape index (κ3) is 3.24. The average molecular weight is 497 g/mol. The summed E-state index contributed by atoms with van der Waals surface area (Å²) >= 11 is 0. The minimum atomic E-state index is -3.94. The molecular formula is C25H24N2O7S. The second-order valence-electron chi connectivity index (χ2n) is 9.28. The normalized spacial score (nSPS) is 23.5. The molecule has 1 saturated heterocycles. The number of carboxylic acid groups (broad SMARTS) is 1. The van der Waals surface area contributed by atoms with Gasteiger partial charge in [0.2, 0.25) is 15.9 Å². The molecule has 0 aromatic heterocycles. The highest BCUT2D eigenvalue weighted by atomic mass is 32.2. The Morgan fingerprint density at radius 3 is 2.31 bits per heavy atom. The molecule has 2 aromatic rings. The molecule has 2 heterocycles. The van der Waals surface area contributed by atoms with Gasteiger partial charge in [0.05, 0.1) is 36.6 Å². The smallest absolute Gasteiger partial charge is 0.352 e. The van der Waals surface area contributed by atoms with E-state index >= 15 is 0 Å². The van der Waals surface area contributed by atoms with Crippen molar-refractivity contribution < 1.29 is 33.0 Å². The first kappa shape index (κ1) is 23.3. The van der Waals surface area contributed by atoms with Gasteiger partial charge in [-0.15, -0.1) is 0 Å². The van der Waals surface area contributed by atoms with Crippen LogP contribution in [0.5, 0.6) is 0 Å². The Balaban J connectivity index is 1.65. The maximum Gasteiger partial charge on any atom is 0.352 e. The lowest BCUT2D eigenvalue weighted by Gasteiger charge is -2.46. The van der Waals surface area contributed by atoms with E-state index in [1.807, 2.05) is 0 Å². The Morgan fingerprint density at radius 2 is 1.71 bits per heavy atom. The van der Waals surface area contributed by atoms with Gasteiger partial charge in [0.15, 0.2) is 5.78 Å². The van der Waals surface area contributed by atoms with Crippen molar-refractivity contribution in [3.8, 4) is 11.1 Å². The zero-order valence-electron chi connectivity index (χ0n) is 19.3. The van der Waals surface area contributed by atoms with Gasteiger partial charge in [-0.3, -0.25) is 13.9 Å². The molecule has 0 unspecified atom stereocenters. The predicted octanol–water partition coefficient (Wildman–Crippen LogP) is 1.86. The molecule has 3 aliphatic rings. The molecule has 0 bridgehead atoms. The highest BCUT2D eigenvalue weighted by Gasteiger charge is 2.60. The quantitative estimate of drug-likeness (QED) is 0.498. The van der Waals surface area contributed by atoms with Crippen LogP contribution in [0.15, 0.2) is 53.7 Å². The van der Waals surface area contributed by atoms with E-state index in [2.05, 4.69) is 0 Å². The number of β-lactam (4-membered cyclic amide) rings is 1. The summed E-state index contributed by atoms with van der Waals surface area (Å²) in [5, 5.41) is 20.0. The molecule has 10 heteroatoms. The number of hydrogen-bond acceptors (Lipinski definition) is 6. The van der Waals surface area contributed by atoms with Gasteiger partial charge in [0.25, 0.3) is 0 Å². The van der Waals surface area contributed by atoms with Crippen LogP contribution >= 0.6 is 0 Å². The van der Waals surface area contributed by atoms with E-state index in [-0.39, 0.29) is 29.3 Å². The summed E-state index contributed by atoms with van der Waals surface area (Å²) in [5.41, 5.74) is 2.22. The number of sulfonamides is 1. The van der Waals surface area contributed by atoms with Crippen molar-refractivity contribution in [3.63, 3.8) is 0 Å². The number of nitrogens with zero attached hydrogens (tertiary/aromatic N) is 2. The monoisotopic (exact) mass is 496 g/mol. The van der Waals surface area contributed by atoms with Crippen molar-refractivity contribution in [1.29, 1.82) is 0 Å². The first-order valence-electron chi connectivity index (χ1n) is 11.2. The van der Waals surface area contributed by atoms with Crippen molar-refractivity contribution in [2.45, 2.75) is 26.0 Å². The van der Waals surface area contributed by atoms with Crippen LogP contribution in [0.2, 0.25) is 0 Å². The van der Waals surface area contributed by atoms with Crippen LogP contribution in [0.4, 0.5) is 5.69 Å². The van der Waals surface area contributed by atoms with E-state index in [1.54, 1.807) is 49.4 Å². The van der Waals surface area contributed by atoms with Crippen molar-refractivity contribution >= 4 is 33.4 Å². The molecule has 2 aliphatic heterocycles. The zero-order chi connectivity index (χ0) is 25.4. The summed E-state index contributed by atoms with van der Waals surface area (Å²) in [7, 11) is -3.94.